The van der Waals surface area contributed by atoms with Crippen molar-refractivity contribution in [2.24, 2.45) is 5.84 Å². The molecule has 3 N–H and O–H groups in total. The molecule has 10 heteroatoms. The van der Waals surface area contributed by atoms with Crippen LogP contribution in [0.15, 0.2) is 9.50 Å². The molecule has 3 rings (SSSR count). The summed E-state index contributed by atoms with van der Waals surface area (Å²) in [5.74, 6) is 7.25. The molecular formula is C11H16N8S2. The minimum atomic E-state index is 0.370. The molecule has 0 unspecified atom stereocenters. The quantitative estimate of drug-likeness (QED) is 0.638. The highest BCUT2D eigenvalue weighted by molar-refractivity contribution is 8.00. The molecular weight excluding hydrogens is 308 g/mol. The van der Waals surface area contributed by atoms with Gasteiger partial charge in [0.1, 0.15) is 5.82 Å². The zero-order valence-corrected chi connectivity index (χ0v) is 13.2. The second kappa shape index (κ2) is 6.50. The van der Waals surface area contributed by atoms with Crippen molar-refractivity contribution in [3.05, 3.63) is 5.82 Å². The van der Waals surface area contributed by atoms with Crippen molar-refractivity contribution >= 4 is 35.2 Å². The van der Waals surface area contributed by atoms with Gasteiger partial charge in [0, 0.05) is 13.1 Å². The lowest BCUT2D eigenvalue weighted by molar-refractivity contribution is 0.565. The van der Waals surface area contributed by atoms with Crippen molar-refractivity contribution in [2.45, 2.75) is 35.7 Å². The summed E-state index contributed by atoms with van der Waals surface area (Å²) >= 11 is 2.71. The highest BCUT2D eigenvalue weighted by Gasteiger charge is 2.17. The number of nitrogens with zero attached hydrogens (tertiary/aromatic N) is 6. The first-order valence-electron chi connectivity index (χ1n) is 6.70. The molecule has 3 heterocycles. The lowest BCUT2D eigenvalue weighted by Crippen LogP contribution is -2.31. The third-order valence-corrected chi connectivity index (χ3v) is 4.77. The van der Waals surface area contributed by atoms with Crippen LogP contribution in [0, 0.1) is 6.92 Å². The van der Waals surface area contributed by atoms with E-state index < -0.39 is 0 Å². The number of hydrogen-bond donors (Lipinski definition) is 2. The Morgan fingerprint density at radius 2 is 1.95 bits per heavy atom. The lowest BCUT2D eigenvalue weighted by Gasteiger charge is -2.26. The highest BCUT2D eigenvalue weighted by atomic mass is 32.2. The lowest BCUT2D eigenvalue weighted by atomic mass is 10.1. The van der Waals surface area contributed by atoms with Gasteiger partial charge >= 0.3 is 0 Å². The van der Waals surface area contributed by atoms with Gasteiger partial charge in [-0.25, -0.2) is 10.8 Å². The molecule has 0 atom stereocenters. The number of piperidine rings is 1. The molecule has 0 radical (unpaired) electrons. The van der Waals surface area contributed by atoms with Crippen LogP contribution in [0.2, 0.25) is 0 Å². The van der Waals surface area contributed by atoms with Gasteiger partial charge in [-0.05, 0) is 49.5 Å². The second-order valence-electron chi connectivity index (χ2n) is 4.64. The summed E-state index contributed by atoms with van der Waals surface area (Å²) in [5, 5.41) is 0.578. The largest absolute Gasteiger partial charge is 0.341 e. The summed E-state index contributed by atoms with van der Waals surface area (Å²) in [4.78, 5) is 19.6. The van der Waals surface area contributed by atoms with Crippen molar-refractivity contribution in [1.82, 2.24) is 24.3 Å². The Hall–Kier alpha value is -1.52. The summed E-state index contributed by atoms with van der Waals surface area (Å²) in [6, 6.07) is 0. The Labute approximate surface area is 130 Å². The summed E-state index contributed by atoms with van der Waals surface area (Å²) in [6.07, 6.45) is 3.58. The maximum Gasteiger partial charge on any atom is 0.242 e. The van der Waals surface area contributed by atoms with E-state index in [0.29, 0.717) is 17.1 Å². The van der Waals surface area contributed by atoms with Crippen LogP contribution in [0.4, 0.5) is 11.9 Å². The SMILES string of the molecule is Cc1nsc(Sc2nc(NN)nc(N3CCCCC3)n2)n1. The van der Waals surface area contributed by atoms with Crippen LogP contribution in [0.3, 0.4) is 0 Å². The summed E-state index contributed by atoms with van der Waals surface area (Å²) in [5.41, 5.74) is 2.50. The van der Waals surface area contributed by atoms with Crippen LogP contribution in [0.25, 0.3) is 0 Å². The number of aryl methyl sites for hydroxylation is 1. The number of hydrazine groups is 1. The van der Waals surface area contributed by atoms with Crippen LogP contribution < -0.4 is 16.2 Å². The van der Waals surface area contributed by atoms with Gasteiger partial charge in [0.05, 0.1) is 0 Å². The molecule has 0 bridgehead atoms. The van der Waals surface area contributed by atoms with Crippen LogP contribution in [-0.2, 0) is 0 Å². The van der Waals surface area contributed by atoms with Gasteiger partial charge < -0.3 is 4.90 Å². The summed E-state index contributed by atoms with van der Waals surface area (Å²) in [7, 11) is 0. The van der Waals surface area contributed by atoms with E-state index in [4.69, 9.17) is 5.84 Å². The predicted octanol–water partition coefficient (Wildman–Crippen LogP) is 1.46. The number of aromatic nitrogens is 5. The maximum absolute atomic E-state index is 5.46. The molecule has 0 saturated carbocycles. The van der Waals surface area contributed by atoms with E-state index in [1.807, 2.05) is 6.92 Å². The average molecular weight is 324 g/mol. The van der Waals surface area contributed by atoms with Crippen LogP contribution in [0.1, 0.15) is 25.1 Å². The normalized spacial score (nSPS) is 15.2. The number of nitrogens with two attached hydrogens (primary N) is 1. The second-order valence-corrected chi connectivity index (χ2v) is 6.61. The zero-order chi connectivity index (χ0) is 14.7. The molecule has 8 nitrogen and oxygen atoms in total. The van der Waals surface area contributed by atoms with Gasteiger partial charge in [-0.15, -0.1) is 0 Å². The van der Waals surface area contributed by atoms with Crippen molar-refractivity contribution < 1.29 is 0 Å². The number of nitrogen functional groups attached to an aromatic ring is 1. The van der Waals surface area contributed by atoms with Crippen LogP contribution >= 0.6 is 23.3 Å². The van der Waals surface area contributed by atoms with Gasteiger partial charge in [-0.2, -0.15) is 19.3 Å². The first-order chi connectivity index (χ1) is 10.2. The predicted molar refractivity (Wildman–Crippen MR) is 82.5 cm³/mol. The summed E-state index contributed by atoms with van der Waals surface area (Å²) in [6.45, 7) is 3.80. The average Bonchev–Trinajstić information content (AvgIpc) is 2.93. The van der Waals surface area contributed by atoms with Gasteiger partial charge in [0.15, 0.2) is 4.34 Å². The fourth-order valence-corrected chi connectivity index (χ4v) is 3.59. The minimum Gasteiger partial charge on any atom is -0.341 e. The van der Waals surface area contributed by atoms with E-state index in [1.165, 1.54) is 29.7 Å². The zero-order valence-electron chi connectivity index (χ0n) is 11.6. The van der Waals surface area contributed by atoms with Gasteiger partial charge in [0.25, 0.3) is 0 Å². The Balaban J connectivity index is 1.85. The number of hydrogen-bond acceptors (Lipinski definition) is 10. The fraction of sp³-hybridized carbons (Fsp3) is 0.545. The number of anilines is 2. The smallest absolute Gasteiger partial charge is 0.242 e. The van der Waals surface area contributed by atoms with Gasteiger partial charge in [0.2, 0.25) is 17.1 Å². The Morgan fingerprint density at radius 3 is 2.62 bits per heavy atom. The van der Waals surface area contributed by atoms with Crippen molar-refractivity contribution in [2.75, 3.05) is 23.4 Å². The molecule has 0 aliphatic carbocycles. The van der Waals surface area contributed by atoms with Crippen LogP contribution in [0.5, 0.6) is 0 Å². The van der Waals surface area contributed by atoms with Crippen molar-refractivity contribution in [3.8, 4) is 0 Å². The molecule has 21 heavy (non-hydrogen) atoms. The van der Waals surface area contributed by atoms with Crippen LogP contribution in [-0.4, -0.2) is 37.4 Å². The fourth-order valence-electron chi connectivity index (χ4n) is 2.09. The molecule has 0 spiro atoms. The van der Waals surface area contributed by atoms with E-state index in [0.717, 1.165) is 36.1 Å². The molecule has 1 fully saturated rings. The molecule has 1 aliphatic rings. The van der Waals surface area contributed by atoms with Crippen molar-refractivity contribution in [3.63, 3.8) is 0 Å². The number of nitrogens with one attached hydrogen (secondary N) is 1. The number of rotatable bonds is 4. The minimum absolute atomic E-state index is 0.370. The topological polar surface area (TPSA) is 106 Å². The monoisotopic (exact) mass is 324 g/mol. The third-order valence-electron chi connectivity index (χ3n) is 3.06. The van der Waals surface area contributed by atoms with E-state index >= 15 is 0 Å². The van der Waals surface area contributed by atoms with Crippen molar-refractivity contribution in [1.29, 1.82) is 0 Å². The first kappa shape index (κ1) is 14.4. The van der Waals surface area contributed by atoms with E-state index in [-0.39, 0.29) is 0 Å². The van der Waals surface area contributed by atoms with E-state index in [2.05, 4.69) is 34.6 Å². The molecule has 112 valence electrons. The Morgan fingerprint density at radius 1 is 1.14 bits per heavy atom. The maximum atomic E-state index is 5.46. The molecule has 1 saturated heterocycles. The third kappa shape index (κ3) is 3.57. The highest BCUT2D eigenvalue weighted by Crippen LogP contribution is 2.28. The summed E-state index contributed by atoms with van der Waals surface area (Å²) < 4.78 is 4.97. The molecule has 2 aromatic heterocycles. The van der Waals surface area contributed by atoms with Gasteiger partial charge in [-0.1, -0.05) is 0 Å². The first-order valence-corrected chi connectivity index (χ1v) is 8.29. The van der Waals surface area contributed by atoms with Gasteiger partial charge in [-0.3, -0.25) is 5.43 Å². The molecule has 0 amide bonds. The Bertz CT molecular complexity index is 610. The molecule has 2 aromatic rings. The Kier molecular flexibility index (Phi) is 4.46. The van der Waals surface area contributed by atoms with E-state index in [1.54, 1.807) is 0 Å². The van der Waals surface area contributed by atoms with E-state index in [9.17, 15) is 0 Å². The molecule has 0 aromatic carbocycles. The standard InChI is InChI=1S/C11H16N8S2/c1-7-13-11(21-18-7)20-10-15-8(17-12)14-9(16-10)19-5-3-2-4-6-19/h2-6,12H2,1H3,(H,14,15,16,17). The molecule has 1 aliphatic heterocycles.